The largest absolute Gasteiger partial charge is 0.496 e. The number of amidine groups is 1. The summed E-state index contributed by atoms with van der Waals surface area (Å²) in [4.78, 5) is 1.25. The maximum Gasteiger partial charge on any atom is 0.173 e. The van der Waals surface area contributed by atoms with E-state index in [1.54, 1.807) is 18.4 Å². The molecule has 0 amide bonds. The van der Waals surface area contributed by atoms with Crippen LogP contribution in [0, 0.1) is 0 Å². The fourth-order valence-electron chi connectivity index (χ4n) is 1.89. The highest BCUT2D eigenvalue weighted by Gasteiger charge is 2.09. The van der Waals surface area contributed by atoms with Gasteiger partial charge in [-0.15, -0.1) is 11.3 Å². The van der Waals surface area contributed by atoms with Crippen molar-refractivity contribution in [1.29, 1.82) is 0 Å². The second-order valence-corrected chi connectivity index (χ2v) is 6.17. The van der Waals surface area contributed by atoms with Crippen molar-refractivity contribution >= 4 is 33.1 Å². The van der Waals surface area contributed by atoms with Gasteiger partial charge in [-0.2, -0.15) is 0 Å². The van der Waals surface area contributed by atoms with Gasteiger partial charge in [0.25, 0.3) is 0 Å². The highest BCUT2D eigenvalue weighted by Crippen LogP contribution is 2.23. The lowest BCUT2D eigenvalue weighted by molar-refractivity contribution is 0.318. The second-order valence-electron chi connectivity index (χ2n) is 4.32. The number of rotatable bonds is 6. The Hall–Kier alpha value is -1.57. The molecule has 4 N–H and O–H groups in total. The van der Waals surface area contributed by atoms with Crippen LogP contribution in [0.3, 0.4) is 0 Å². The van der Waals surface area contributed by atoms with E-state index in [0.29, 0.717) is 17.9 Å². The zero-order valence-electron chi connectivity index (χ0n) is 11.5. The van der Waals surface area contributed by atoms with Crippen molar-refractivity contribution in [1.82, 2.24) is 5.32 Å². The number of methoxy groups -OCH3 is 1. The van der Waals surface area contributed by atoms with E-state index < -0.39 is 0 Å². The number of nitrogens with one attached hydrogen (secondary N) is 1. The molecule has 112 valence electrons. The summed E-state index contributed by atoms with van der Waals surface area (Å²) in [5.41, 5.74) is 7.27. The van der Waals surface area contributed by atoms with E-state index in [9.17, 15) is 0 Å². The highest BCUT2D eigenvalue weighted by atomic mass is 79.9. The van der Waals surface area contributed by atoms with E-state index in [1.807, 2.05) is 29.6 Å². The van der Waals surface area contributed by atoms with Gasteiger partial charge in [0.05, 0.1) is 12.7 Å². The lowest BCUT2D eigenvalue weighted by Gasteiger charge is -2.10. The van der Waals surface area contributed by atoms with Crippen LogP contribution in [0.2, 0.25) is 0 Å². The summed E-state index contributed by atoms with van der Waals surface area (Å²) in [5, 5.41) is 17.3. The Bertz CT molecular complexity index is 643. The second kappa shape index (κ2) is 7.44. The van der Waals surface area contributed by atoms with E-state index >= 15 is 0 Å². The molecule has 21 heavy (non-hydrogen) atoms. The number of oxime groups is 1. The normalized spacial score (nSPS) is 11.6. The first-order valence-corrected chi connectivity index (χ1v) is 7.90. The molecular formula is C14H16BrN3O2S. The number of thiophene rings is 1. The third-order valence-corrected chi connectivity index (χ3v) is 4.88. The van der Waals surface area contributed by atoms with Gasteiger partial charge in [-0.05, 0) is 45.1 Å². The summed E-state index contributed by atoms with van der Waals surface area (Å²) in [5.74, 6) is 0.616. The Labute approximate surface area is 135 Å². The molecule has 1 aromatic heterocycles. The summed E-state index contributed by atoms with van der Waals surface area (Å²) in [6.45, 7) is 1.46. The minimum Gasteiger partial charge on any atom is -0.496 e. The molecule has 1 heterocycles. The Balaban J connectivity index is 2.05. The summed E-state index contributed by atoms with van der Waals surface area (Å²) < 4.78 is 6.32. The average Bonchev–Trinajstić information content (AvgIpc) is 2.91. The van der Waals surface area contributed by atoms with Crippen LogP contribution in [0.25, 0.3) is 0 Å². The fraction of sp³-hybridized carbons (Fsp3) is 0.214. The molecular weight excluding hydrogens is 354 g/mol. The van der Waals surface area contributed by atoms with Gasteiger partial charge in [0.1, 0.15) is 5.75 Å². The van der Waals surface area contributed by atoms with Crippen LogP contribution in [0.5, 0.6) is 5.75 Å². The lowest BCUT2D eigenvalue weighted by atomic mass is 10.1. The van der Waals surface area contributed by atoms with Gasteiger partial charge >= 0.3 is 0 Å². The number of hydrogen-bond donors (Lipinski definition) is 3. The molecule has 0 saturated carbocycles. The molecule has 0 fully saturated rings. The summed E-state index contributed by atoms with van der Waals surface area (Å²) in [6.07, 6.45) is 0. The van der Waals surface area contributed by atoms with Crippen molar-refractivity contribution in [2.45, 2.75) is 13.1 Å². The Kier molecular flexibility index (Phi) is 5.60. The zero-order valence-corrected chi connectivity index (χ0v) is 13.9. The van der Waals surface area contributed by atoms with Crippen LogP contribution < -0.4 is 15.8 Å². The molecule has 0 atom stereocenters. The standard InChI is InChI=1S/C14H16BrN3O2S/c1-20-12-3-2-9(6-10(12)14(16)18-19)7-17-8-13-11(15)4-5-21-13/h2-6,17,19H,7-8H2,1H3,(H2,16,18). The minimum atomic E-state index is 0.0368. The van der Waals surface area contributed by atoms with Gasteiger partial charge in [0.15, 0.2) is 5.84 Å². The van der Waals surface area contributed by atoms with E-state index in [-0.39, 0.29) is 5.84 Å². The monoisotopic (exact) mass is 369 g/mol. The van der Waals surface area contributed by atoms with Gasteiger partial charge in [-0.25, -0.2) is 0 Å². The quantitative estimate of drug-likeness (QED) is 0.316. The Morgan fingerprint density at radius 2 is 2.24 bits per heavy atom. The van der Waals surface area contributed by atoms with E-state index in [4.69, 9.17) is 15.7 Å². The van der Waals surface area contributed by atoms with Crippen molar-refractivity contribution in [3.8, 4) is 5.75 Å². The maximum absolute atomic E-state index is 8.82. The molecule has 5 nitrogen and oxygen atoms in total. The van der Waals surface area contributed by atoms with Gasteiger partial charge in [-0.3, -0.25) is 0 Å². The van der Waals surface area contributed by atoms with E-state index in [2.05, 4.69) is 26.4 Å². The van der Waals surface area contributed by atoms with Crippen molar-refractivity contribution < 1.29 is 9.94 Å². The zero-order chi connectivity index (χ0) is 15.2. The Morgan fingerprint density at radius 3 is 2.86 bits per heavy atom. The molecule has 2 aromatic rings. The van der Waals surface area contributed by atoms with Crippen molar-refractivity contribution in [3.63, 3.8) is 0 Å². The van der Waals surface area contributed by atoms with Gasteiger partial charge in [-0.1, -0.05) is 11.2 Å². The molecule has 2 rings (SSSR count). The first-order valence-electron chi connectivity index (χ1n) is 6.23. The SMILES string of the molecule is COc1ccc(CNCc2sccc2Br)cc1/C(N)=N/O. The summed E-state index contributed by atoms with van der Waals surface area (Å²) >= 11 is 5.21. The third-order valence-electron chi connectivity index (χ3n) is 2.95. The molecule has 0 radical (unpaired) electrons. The van der Waals surface area contributed by atoms with Crippen LogP contribution in [0.1, 0.15) is 16.0 Å². The number of halogens is 1. The van der Waals surface area contributed by atoms with E-state index in [1.165, 1.54) is 4.88 Å². The van der Waals surface area contributed by atoms with Crippen LogP contribution in [0.4, 0.5) is 0 Å². The predicted octanol–water partition coefficient (Wildman–Crippen LogP) is 2.90. The number of nitrogens with zero attached hydrogens (tertiary/aromatic N) is 1. The highest BCUT2D eigenvalue weighted by molar-refractivity contribution is 9.10. The summed E-state index contributed by atoms with van der Waals surface area (Å²) in [7, 11) is 1.55. The number of ether oxygens (including phenoxy) is 1. The van der Waals surface area contributed by atoms with Crippen molar-refractivity contribution in [2.75, 3.05) is 7.11 Å². The summed E-state index contributed by atoms with van der Waals surface area (Å²) in [6, 6.07) is 7.64. The molecule has 7 heteroatoms. The van der Waals surface area contributed by atoms with Gasteiger partial charge in [0, 0.05) is 22.4 Å². The number of hydrogen-bond acceptors (Lipinski definition) is 5. The first-order chi connectivity index (χ1) is 10.2. The fourth-order valence-corrected chi connectivity index (χ4v) is 3.35. The van der Waals surface area contributed by atoms with Crippen molar-refractivity contribution in [2.24, 2.45) is 10.9 Å². The molecule has 0 bridgehead atoms. The minimum absolute atomic E-state index is 0.0368. The predicted molar refractivity (Wildman–Crippen MR) is 88.1 cm³/mol. The Morgan fingerprint density at radius 1 is 1.43 bits per heavy atom. The number of benzene rings is 1. The van der Waals surface area contributed by atoms with Crippen LogP contribution in [-0.2, 0) is 13.1 Å². The molecule has 0 spiro atoms. The van der Waals surface area contributed by atoms with E-state index in [0.717, 1.165) is 16.6 Å². The van der Waals surface area contributed by atoms with Crippen LogP contribution in [-0.4, -0.2) is 18.2 Å². The molecule has 0 unspecified atom stereocenters. The molecule has 0 aliphatic heterocycles. The number of nitrogens with two attached hydrogens (primary N) is 1. The van der Waals surface area contributed by atoms with Crippen LogP contribution in [0.15, 0.2) is 39.3 Å². The van der Waals surface area contributed by atoms with Gasteiger partial charge < -0.3 is 21.0 Å². The molecule has 0 aliphatic rings. The topological polar surface area (TPSA) is 79.9 Å². The van der Waals surface area contributed by atoms with Crippen LogP contribution >= 0.6 is 27.3 Å². The molecule has 1 aromatic carbocycles. The lowest BCUT2D eigenvalue weighted by Crippen LogP contribution is -2.16. The first kappa shape index (κ1) is 15.8. The third kappa shape index (κ3) is 3.96. The maximum atomic E-state index is 8.82. The van der Waals surface area contributed by atoms with Gasteiger partial charge in [0.2, 0.25) is 0 Å². The smallest absolute Gasteiger partial charge is 0.173 e. The molecule has 0 saturated heterocycles. The average molecular weight is 370 g/mol. The van der Waals surface area contributed by atoms with Crippen molar-refractivity contribution in [3.05, 3.63) is 50.1 Å². The molecule has 0 aliphatic carbocycles.